The van der Waals surface area contributed by atoms with E-state index >= 15 is 0 Å². The summed E-state index contributed by atoms with van der Waals surface area (Å²) < 4.78 is 30.8. The smallest absolute Gasteiger partial charge is 0.255 e. The van der Waals surface area contributed by atoms with E-state index in [0.29, 0.717) is 15.8 Å². The molecule has 0 fully saturated rings. The number of ether oxygens (including phenoxy) is 1. The van der Waals surface area contributed by atoms with Crippen LogP contribution in [0.3, 0.4) is 0 Å². The van der Waals surface area contributed by atoms with E-state index in [-0.39, 0.29) is 16.1 Å². The zero-order valence-electron chi connectivity index (χ0n) is 13.7. The molecule has 6 nitrogen and oxygen atoms in total. The Morgan fingerprint density at radius 3 is 2.20 bits per heavy atom. The highest BCUT2D eigenvalue weighted by atomic mass is 35.5. The number of carbonyl (C=O) groups excluding carboxylic acids is 1. The molecule has 0 aliphatic rings. The molecule has 0 saturated carbocycles. The molecule has 0 aliphatic carbocycles. The molecule has 0 heterocycles. The van der Waals surface area contributed by atoms with Gasteiger partial charge < -0.3 is 10.1 Å². The van der Waals surface area contributed by atoms with Gasteiger partial charge in [0, 0.05) is 29.7 Å². The van der Waals surface area contributed by atoms with Crippen molar-refractivity contribution in [3.63, 3.8) is 0 Å². The molecule has 2 rings (SSSR count). The largest absolute Gasteiger partial charge is 0.495 e. The van der Waals surface area contributed by atoms with Crippen molar-refractivity contribution in [2.75, 3.05) is 26.5 Å². The number of hydrogen-bond acceptors (Lipinski definition) is 4. The number of nitrogens with one attached hydrogen (secondary N) is 1. The van der Waals surface area contributed by atoms with Crippen LogP contribution in [0.2, 0.25) is 10.0 Å². The number of halogens is 2. The monoisotopic (exact) mass is 402 g/mol. The van der Waals surface area contributed by atoms with E-state index in [2.05, 4.69) is 5.32 Å². The fourth-order valence-corrected chi connectivity index (χ4v) is 3.49. The van der Waals surface area contributed by atoms with E-state index in [9.17, 15) is 13.2 Å². The number of nitrogens with zero attached hydrogens (tertiary/aromatic N) is 1. The normalized spacial score (nSPS) is 11.4. The van der Waals surface area contributed by atoms with Gasteiger partial charge in [-0.3, -0.25) is 4.79 Å². The number of methoxy groups -OCH3 is 1. The van der Waals surface area contributed by atoms with Gasteiger partial charge >= 0.3 is 0 Å². The molecule has 134 valence electrons. The van der Waals surface area contributed by atoms with Crippen LogP contribution in [-0.2, 0) is 10.0 Å². The highest BCUT2D eigenvalue weighted by molar-refractivity contribution is 7.89. The zero-order chi connectivity index (χ0) is 18.8. The molecule has 1 amide bonds. The molecular formula is C16H16Cl2N2O4S. The number of benzene rings is 2. The van der Waals surface area contributed by atoms with Crippen LogP contribution in [0.1, 0.15) is 10.4 Å². The van der Waals surface area contributed by atoms with Crippen LogP contribution in [0, 0.1) is 0 Å². The van der Waals surface area contributed by atoms with Crippen molar-refractivity contribution < 1.29 is 17.9 Å². The van der Waals surface area contributed by atoms with E-state index < -0.39 is 15.9 Å². The predicted octanol–water partition coefficient (Wildman–Crippen LogP) is 3.50. The summed E-state index contributed by atoms with van der Waals surface area (Å²) in [6, 6.07) is 8.62. The van der Waals surface area contributed by atoms with Gasteiger partial charge in [-0.25, -0.2) is 12.7 Å². The van der Waals surface area contributed by atoms with Crippen molar-refractivity contribution in [3.05, 3.63) is 52.0 Å². The lowest BCUT2D eigenvalue weighted by Gasteiger charge is -2.15. The van der Waals surface area contributed by atoms with Crippen LogP contribution in [0.5, 0.6) is 5.75 Å². The van der Waals surface area contributed by atoms with Gasteiger partial charge in [0.05, 0.1) is 17.7 Å². The lowest BCUT2D eigenvalue weighted by atomic mass is 10.2. The number of sulfonamides is 1. The second-order valence-electron chi connectivity index (χ2n) is 5.26. The summed E-state index contributed by atoms with van der Waals surface area (Å²) in [7, 11) is 0.609. The van der Waals surface area contributed by atoms with E-state index in [1.807, 2.05) is 0 Å². The number of anilines is 1. The van der Waals surface area contributed by atoms with Crippen LogP contribution in [0.25, 0.3) is 0 Å². The van der Waals surface area contributed by atoms with Crippen molar-refractivity contribution in [1.82, 2.24) is 4.31 Å². The lowest BCUT2D eigenvalue weighted by molar-refractivity contribution is 0.102. The minimum atomic E-state index is -3.65. The maximum atomic E-state index is 12.4. The van der Waals surface area contributed by atoms with Crippen molar-refractivity contribution in [2.24, 2.45) is 0 Å². The van der Waals surface area contributed by atoms with E-state index in [1.54, 1.807) is 0 Å². The number of amides is 1. The number of rotatable bonds is 5. The molecule has 0 atom stereocenters. The van der Waals surface area contributed by atoms with E-state index in [0.717, 1.165) is 4.31 Å². The maximum Gasteiger partial charge on any atom is 0.255 e. The van der Waals surface area contributed by atoms with Crippen molar-refractivity contribution in [3.8, 4) is 5.75 Å². The highest BCUT2D eigenvalue weighted by Crippen LogP contribution is 2.29. The first-order chi connectivity index (χ1) is 11.6. The summed E-state index contributed by atoms with van der Waals surface area (Å²) in [5.74, 6) is -0.179. The van der Waals surface area contributed by atoms with Crippen LogP contribution in [-0.4, -0.2) is 39.8 Å². The third-order valence-corrected chi connectivity index (χ3v) is 5.57. The quantitative estimate of drug-likeness (QED) is 0.829. The Bertz CT molecular complexity index is 894. The average molecular weight is 403 g/mol. The summed E-state index contributed by atoms with van der Waals surface area (Å²) in [5, 5.41) is 3.25. The van der Waals surface area contributed by atoms with Gasteiger partial charge in [-0.15, -0.1) is 0 Å². The summed E-state index contributed by atoms with van der Waals surface area (Å²) in [5.41, 5.74) is 0.451. The molecule has 25 heavy (non-hydrogen) atoms. The Morgan fingerprint density at radius 1 is 1.08 bits per heavy atom. The molecular weight excluding hydrogens is 387 g/mol. The molecule has 0 aliphatic heterocycles. The van der Waals surface area contributed by atoms with Crippen LogP contribution >= 0.6 is 23.2 Å². The average Bonchev–Trinajstić information content (AvgIpc) is 2.53. The minimum Gasteiger partial charge on any atom is -0.495 e. The van der Waals surface area contributed by atoms with Crippen molar-refractivity contribution in [2.45, 2.75) is 4.90 Å². The van der Waals surface area contributed by atoms with Crippen LogP contribution < -0.4 is 10.1 Å². The van der Waals surface area contributed by atoms with Crippen molar-refractivity contribution >= 4 is 44.8 Å². The van der Waals surface area contributed by atoms with Crippen LogP contribution in [0.15, 0.2) is 41.3 Å². The first kappa shape index (κ1) is 19.5. The van der Waals surface area contributed by atoms with Gasteiger partial charge in [-0.2, -0.15) is 0 Å². The Labute approximate surface area is 156 Å². The van der Waals surface area contributed by atoms with Gasteiger partial charge in [0.15, 0.2) is 0 Å². The van der Waals surface area contributed by atoms with Gasteiger partial charge in [0.1, 0.15) is 5.75 Å². The molecule has 0 bridgehead atoms. The first-order valence-corrected chi connectivity index (χ1v) is 9.22. The molecule has 2 aromatic rings. The Balaban J connectivity index is 2.42. The molecule has 0 saturated heterocycles. The molecule has 0 radical (unpaired) electrons. The predicted molar refractivity (Wildman–Crippen MR) is 98.3 cm³/mol. The topological polar surface area (TPSA) is 75.7 Å². The Hall–Kier alpha value is -1.80. The SMILES string of the molecule is COc1ccc(S(=O)(=O)N(C)C)cc1NC(=O)c1cc(Cl)cc(Cl)c1. The fraction of sp³-hybridized carbons (Fsp3) is 0.188. The Kier molecular flexibility index (Phi) is 5.95. The van der Waals surface area contributed by atoms with Crippen LogP contribution in [0.4, 0.5) is 5.69 Å². The molecule has 9 heteroatoms. The summed E-state index contributed by atoms with van der Waals surface area (Å²) in [4.78, 5) is 12.5. The van der Waals surface area contributed by atoms with Gasteiger partial charge in [0.2, 0.25) is 10.0 Å². The van der Waals surface area contributed by atoms with Gasteiger partial charge in [-0.05, 0) is 36.4 Å². The standard InChI is InChI=1S/C16H16Cl2N2O4S/c1-20(2)25(22,23)13-4-5-15(24-3)14(9-13)19-16(21)10-6-11(17)8-12(18)7-10/h4-9H,1-3H3,(H,19,21). The molecule has 0 unspecified atom stereocenters. The second-order valence-corrected chi connectivity index (χ2v) is 8.29. The van der Waals surface area contributed by atoms with Gasteiger partial charge in [0.25, 0.3) is 5.91 Å². The van der Waals surface area contributed by atoms with E-state index in [1.165, 1.54) is 57.6 Å². The fourth-order valence-electron chi connectivity index (χ4n) is 2.04. The lowest BCUT2D eigenvalue weighted by Crippen LogP contribution is -2.22. The van der Waals surface area contributed by atoms with E-state index in [4.69, 9.17) is 27.9 Å². The Morgan fingerprint density at radius 2 is 1.68 bits per heavy atom. The molecule has 0 spiro atoms. The highest BCUT2D eigenvalue weighted by Gasteiger charge is 2.20. The maximum absolute atomic E-state index is 12.4. The third-order valence-electron chi connectivity index (χ3n) is 3.32. The number of hydrogen-bond donors (Lipinski definition) is 1. The second kappa shape index (κ2) is 7.61. The van der Waals surface area contributed by atoms with Crippen molar-refractivity contribution in [1.29, 1.82) is 0 Å². The van der Waals surface area contributed by atoms with Gasteiger partial charge in [-0.1, -0.05) is 23.2 Å². The minimum absolute atomic E-state index is 0.0257. The third kappa shape index (κ3) is 4.43. The molecule has 2 aromatic carbocycles. The zero-order valence-corrected chi connectivity index (χ0v) is 16.0. The molecule has 1 N–H and O–H groups in total. The summed E-state index contributed by atoms with van der Waals surface area (Å²) >= 11 is 11.8. The molecule has 0 aromatic heterocycles. The summed E-state index contributed by atoms with van der Waals surface area (Å²) in [6.45, 7) is 0. The number of carbonyl (C=O) groups is 1. The first-order valence-electron chi connectivity index (χ1n) is 7.03. The summed E-state index contributed by atoms with van der Waals surface area (Å²) in [6.07, 6.45) is 0.